The summed E-state index contributed by atoms with van der Waals surface area (Å²) in [6.07, 6.45) is 4.60. The van der Waals surface area contributed by atoms with Gasteiger partial charge in [0.1, 0.15) is 11.8 Å². The molecule has 10 heteroatoms. The molecule has 0 N–H and O–H groups in total. The Balaban J connectivity index is 1.52. The van der Waals surface area contributed by atoms with Crippen molar-refractivity contribution in [2.75, 3.05) is 7.11 Å². The van der Waals surface area contributed by atoms with Crippen molar-refractivity contribution in [3.05, 3.63) is 81.9 Å². The van der Waals surface area contributed by atoms with Crippen molar-refractivity contribution < 1.29 is 28.8 Å². The fraction of sp³-hybridized carbons (Fsp3) is 0.308. The van der Waals surface area contributed by atoms with Gasteiger partial charge in [-0.2, -0.15) is 5.01 Å². The fourth-order valence-electron chi connectivity index (χ4n) is 5.50. The number of non-ortho nitro benzene ring substituents is 1. The fourth-order valence-corrected chi connectivity index (χ4v) is 5.50. The van der Waals surface area contributed by atoms with E-state index in [1.165, 1.54) is 26.2 Å². The minimum absolute atomic E-state index is 0.00809. The number of carbonyl (C=O) groups is 4. The summed E-state index contributed by atoms with van der Waals surface area (Å²) < 4.78 is 5.13. The second-order valence-electron chi connectivity index (χ2n) is 9.21. The van der Waals surface area contributed by atoms with Crippen LogP contribution in [0.5, 0.6) is 5.75 Å². The zero-order valence-electron chi connectivity index (χ0n) is 19.6. The molecule has 2 aromatic rings. The van der Waals surface area contributed by atoms with Gasteiger partial charge in [0.05, 0.1) is 23.9 Å². The molecule has 2 aliphatic carbocycles. The number of nitro benzene ring substituents is 1. The summed E-state index contributed by atoms with van der Waals surface area (Å²) in [4.78, 5) is 64.6. The molecule has 2 fully saturated rings. The lowest BCUT2D eigenvalue weighted by atomic mass is 9.85. The molecular weight excluding hydrogens is 466 g/mol. The SMILES string of the molecule is COc1ccc(C(=O)[C@H](C)N(C(=O)c2ccc([N+](=O)[O-])cc2)N2C(=O)[C@@H]3[C@@H](C2=O)[C@H]2C=C[C@H]3C2)cc1. The first kappa shape index (κ1) is 23.4. The van der Waals surface area contributed by atoms with E-state index in [1.54, 1.807) is 24.3 Å². The van der Waals surface area contributed by atoms with Crippen LogP contribution in [0, 0.1) is 33.8 Å². The summed E-state index contributed by atoms with van der Waals surface area (Å²) in [5.74, 6) is -3.02. The monoisotopic (exact) mass is 489 g/mol. The van der Waals surface area contributed by atoms with Gasteiger partial charge in [-0.3, -0.25) is 29.3 Å². The summed E-state index contributed by atoms with van der Waals surface area (Å²) in [5, 5.41) is 12.8. The van der Waals surface area contributed by atoms with Crippen LogP contribution in [0.25, 0.3) is 0 Å². The minimum atomic E-state index is -1.21. The summed E-state index contributed by atoms with van der Waals surface area (Å²) in [7, 11) is 1.49. The molecule has 1 saturated heterocycles. The molecule has 1 aliphatic heterocycles. The van der Waals surface area contributed by atoms with Gasteiger partial charge in [-0.1, -0.05) is 12.2 Å². The molecule has 2 aromatic carbocycles. The smallest absolute Gasteiger partial charge is 0.273 e. The van der Waals surface area contributed by atoms with Crippen molar-refractivity contribution in [1.29, 1.82) is 0 Å². The van der Waals surface area contributed by atoms with E-state index in [2.05, 4.69) is 0 Å². The second kappa shape index (κ2) is 8.71. The van der Waals surface area contributed by atoms with Gasteiger partial charge in [-0.25, -0.2) is 5.01 Å². The van der Waals surface area contributed by atoms with E-state index in [-0.39, 0.29) is 28.7 Å². The second-order valence-corrected chi connectivity index (χ2v) is 9.21. The van der Waals surface area contributed by atoms with E-state index in [4.69, 9.17) is 4.74 Å². The Kier molecular flexibility index (Phi) is 5.66. The van der Waals surface area contributed by atoms with E-state index in [1.807, 2.05) is 12.2 Å². The maximum Gasteiger partial charge on any atom is 0.273 e. The number of rotatable bonds is 7. The molecule has 0 unspecified atom stereocenters. The zero-order chi connectivity index (χ0) is 25.7. The number of fused-ring (bicyclic) bond motifs is 5. The highest BCUT2D eigenvalue weighted by molar-refractivity contribution is 6.11. The average Bonchev–Trinajstić information content (AvgIpc) is 3.58. The molecule has 2 bridgehead atoms. The van der Waals surface area contributed by atoms with E-state index in [9.17, 15) is 29.3 Å². The number of hydrogen-bond acceptors (Lipinski definition) is 7. The summed E-state index contributed by atoms with van der Waals surface area (Å²) in [5.41, 5.74) is 0.0607. The molecule has 1 saturated carbocycles. The van der Waals surface area contributed by atoms with Crippen molar-refractivity contribution >= 4 is 29.2 Å². The van der Waals surface area contributed by atoms with Crippen LogP contribution in [0.3, 0.4) is 0 Å². The standard InChI is InChI=1S/C26H23N3O7/c1-14(23(30)15-7-11-20(36-2)12-8-15)27(24(31)16-5-9-19(10-6-16)29(34)35)28-25(32)21-17-3-4-18(13-17)22(21)26(28)33/h3-12,14,17-18,21-22H,13H2,1-2H3/t14-,17-,18-,21-,22-/m0/s1. The number of ketones is 1. The Morgan fingerprint density at radius 2 is 1.50 bits per heavy atom. The third kappa shape index (κ3) is 3.57. The van der Waals surface area contributed by atoms with Gasteiger partial charge in [-0.05, 0) is 61.6 Å². The first-order chi connectivity index (χ1) is 17.2. The van der Waals surface area contributed by atoms with Gasteiger partial charge in [0.25, 0.3) is 23.4 Å². The Labute approximate surface area is 206 Å². The number of benzene rings is 2. The number of methoxy groups -OCH3 is 1. The zero-order valence-corrected chi connectivity index (χ0v) is 19.6. The Morgan fingerprint density at radius 1 is 0.972 bits per heavy atom. The third-order valence-corrected chi connectivity index (χ3v) is 7.32. The molecule has 3 amide bonds. The maximum atomic E-state index is 13.7. The molecule has 5 atom stereocenters. The Bertz CT molecular complexity index is 1270. The van der Waals surface area contributed by atoms with Crippen LogP contribution in [0.1, 0.15) is 34.1 Å². The lowest BCUT2D eigenvalue weighted by molar-refractivity contribution is -0.384. The summed E-state index contributed by atoms with van der Waals surface area (Å²) in [6, 6.07) is 9.88. The van der Waals surface area contributed by atoms with Gasteiger partial charge in [0, 0.05) is 23.3 Å². The maximum absolute atomic E-state index is 13.7. The molecule has 1 heterocycles. The van der Waals surface area contributed by atoms with E-state index >= 15 is 0 Å². The van der Waals surface area contributed by atoms with Crippen molar-refractivity contribution in [3.8, 4) is 5.75 Å². The lowest BCUT2D eigenvalue weighted by Gasteiger charge is -2.35. The molecule has 0 aromatic heterocycles. The lowest BCUT2D eigenvalue weighted by Crippen LogP contribution is -2.56. The van der Waals surface area contributed by atoms with Crippen LogP contribution < -0.4 is 4.74 Å². The van der Waals surface area contributed by atoms with Gasteiger partial charge >= 0.3 is 0 Å². The predicted octanol–water partition coefficient (Wildman–Crippen LogP) is 3.04. The molecule has 5 rings (SSSR count). The van der Waals surface area contributed by atoms with Gasteiger partial charge in [0.2, 0.25) is 0 Å². The first-order valence-electron chi connectivity index (χ1n) is 11.5. The highest BCUT2D eigenvalue weighted by Crippen LogP contribution is 2.53. The van der Waals surface area contributed by atoms with Crippen molar-refractivity contribution in [1.82, 2.24) is 10.0 Å². The van der Waals surface area contributed by atoms with Gasteiger partial charge in [0.15, 0.2) is 5.78 Å². The van der Waals surface area contributed by atoms with Crippen LogP contribution in [0.4, 0.5) is 5.69 Å². The summed E-state index contributed by atoms with van der Waals surface area (Å²) >= 11 is 0. The highest BCUT2D eigenvalue weighted by atomic mass is 16.6. The first-order valence-corrected chi connectivity index (χ1v) is 11.5. The predicted molar refractivity (Wildman–Crippen MR) is 126 cm³/mol. The molecule has 36 heavy (non-hydrogen) atoms. The molecular formula is C26H23N3O7. The largest absolute Gasteiger partial charge is 0.497 e. The number of Topliss-reactive ketones (excluding diaryl/α,β-unsaturated/α-hetero) is 1. The van der Waals surface area contributed by atoms with Crippen LogP contribution in [-0.4, -0.2) is 51.6 Å². The number of carbonyl (C=O) groups excluding carboxylic acids is 4. The van der Waals surface area contributed by atoms with Crippen molar-refractivity contribution in [2.45, 2.75) is 19.4 Å². The van der Waals surface area contributed by atoms with Crippen LogP contribution in [0.15, 0.2) is 60.7 Å². The number of amides is 3. The quantitative estimate of drug-likeness (QED) is 0.192. The Hall–Kier alpha value is -4.34. The molecule has 0 radical (unpaired) electrons. The molecule has 0 spiro atoms. The number of hydrazine groups is 1. The topological polar surface area (TPSA) is 127 Å². The highest BCUT2D eigenvalue weighted by Gasteiger charge is 2.61. The number of ether oxygens (including phenoxy) is 1. The van der Waals surface area contributed by atoms with Crippen LogP contribution >= 0.6 is 0 Å². The average molecular weight is 489 g/mol. The summed E-state index contributed by atoms with van der Waals surface area (Å²) in [6.45, 7) is 1.46. The number of hydrogen-bond donors (Lipinski definition) is 0. The van der Waals surface area contributed by atoms with Crippen LogP contribution in [0.2, 0.25) is 0 Å². The molecule has 10 nitrogen and oxygen atoms in total. The van der Waals surface area contributed by atoms with Crippen molar-refractivity contribution in [2.24, 2.45) is 23.7 Å². The number of nitro groups is 1. The number of nitrogens with zero attached hydrogens (tertiary/aromatic N) is 3. The van der Waals surface area contributed by atoms with E-state index in [0.29, 0.717) is 5.75 Å². The van der Waals surface area contributed by atoms with E-state index in [0.717, 1.165) is 28.6 Å². The van der Waals surface area contributed by atoms with Crippen molar-refractivity contribution in [3.63, 3.8) is 0 Å². The Morgan fingerprint density at radius 3 is 2.00 bits per heavy atom. The normalized spacial score (nSPS) is 24.6. The number of imide groups is 1. The van der Waals surface area contributed by atoms with Crippen LogP contribution in [-0.2, 0) is 9.59 Å². The molecule has 184 valence electrons. The molecule has 3 aliphatic rings. The van der Waals surface area contributed by atoms with Gasteiger partial charge < -0.3 is 4.74 Å². The number of allylic oxidation sites excluding steroid dienone is 2. The third-order valence-electron chi connectivity index (χ3n) is 7.32. The van der Waals surface area contributed by atoms with Gasteiger partial charge in [-0.15, -0.1) is 0 Å². The minimum Gasteiger partial charge on any atom is -0.497 e. The van der Waals surface area contributed by atoms with E-state index < -0.39 is 46.3 Å².